The van der Waals surface area contributed by atoms with Crippen LogP contribution in [0.1, 0.15) is 12.8 Å². The molecule has 0 aromatic rings. The minimum atomic E-state index is 0.824. The Hall–Kier alpha value is -0.720. The number of hydrogen-bond acceptors (Lipinski definition) is 1. The summed E-state index contributed by atoms with van der Waals surface area (Å²) in [5, 5.41) is 0. The molecule has 0 radical (unpaired) electrons. The minimum absolute atomic E-state index is 0.824. The largest absolute Gasteiger partial charge is 0.502 e. The Bertz CT molecular complexity index is 84.4. The summed E-state index contributed by atoms with van der Waals surface area (Å²) in [6.45, 7) is 7.21. The van der Waals surface area contributed by atoms with Crippen molar-refractivity contribution in [2.24, 2.45) is 0 Å². The Kier molecular flexibility index (Phi) is 4.04. The smallest absolute Gasteiger partial charge is 0.0887 e. The van der Waals surface area contributed by atoms with Gasteiger partial charge in [0.25, 0.3) is 0 Å². The van der Waals surface area contributed by atoms with Crippen LogP contribution in [0.15, 0.2) is 25.0 Å². The zero-order valence-electron chi connectivity index (χ0n) is 5.31. The lowest BCUT2D eigenvalue weighted by Gasteiger charge is -1.98. The highest BCUT2D eigenvalue weighted by Crippen LogP contribution is 2.01. The van der Waals surface area contributed by atoms with Crippen molar-refractivity contribution >= 4 is 0 Å². The molecule has 0 unspecified atom stereocenters. The normalized spacial score (nSPS) is 8.12. The van der Waals surface area contributed by atoms with Crippen LogP contribution in [0.4, 0.5) is 0 Å². The van der Waals surface area contributed by atoms with E-state index in [4.69, 9.17) is 4.74 Å². The Morgan fingerprint density at radius 3 is 2.75 bits per heavy atom. The Morgan fingerprint density at radius 1 is 1.75 bits per heavy atom. The van der Waals surface area contributed by atoms with Gasteiger partial charge in [0.2, 0.25) is 0 Å². The minimum Gasteiger partial charge on any atom is -0.502 e. The number of rotatable bonds is 4. The average Bonchev–Trinajstić information content (AvgIpc) is 1.83. The van der Waals surface area contributed by atoms with E-state index in [2.05, 4.69) is 13.2 Å². The van der Waals surface area contributed by atoms with E-state index in [1.165, 1.54) is 0 Å². The first-order chi connectivity index (χ1) is 3.81. The van der Waals surface area contributed by atoms with Crippen LogP contribution < -0.4 is 0 Å². The van der Waals surface area contributed by atoms with E-state index in [9.17, 15) is 0 Å². The molecule has 0 atom stereocenters. The van der Waals surface area contributed by atoms with Gasteiger partial charge in [-0.1, -0.05) is 12.7 Å². The maximum Gasteiger partial charge on any atom is 0.0887 e. The molecule has 0 spiro atoms. The highest BCUT2D eigenvalue weighted by molar-refractivity contribution is 4.84. The summed E-state index contributed by atoms with van der Waals surface area (Å²) < 4.78 is 4.81. The lowest BCUT2D eigenvalue weighted by molar-refractivity contribution is 0.280. The van der Waals surface area contributed by atoms with E-state index < -0.39 is 0 Å². The Labute approximate surface area is 50.7 Å². The van der Waals surface area contributed by atoms with Crippen molar-refractivity contribution in [1.29, 1.82) is 0 Å². The second kappa shape index (κ2) is 4.44. The molecule has 0 rings (SSSR count). The monoisotopic (exact) mass is 112 g/mol. The van der Waals surface area contributed by atoms with Gasteiger partial charge in [0.05, 0.1) is 12.9 Å². The van der Waals surface area contributed by atoms with Gasteiger partial charge in [-0.15, -0.1) is 6.58 Å². The molecule has 1 nitrogen and oxygen atoms in total. The van der Waals surface area contributed by atoms with Gasteiger partial charge in [0.15, 0.2) is 0 Å². The molecule has 0 fully saturated rings. The van der Waals surface area contributed by atoms with Gasteiger partial charge < -0.3 is 4.74 Å². The molecule has 0 N–H and O–H groups in total. The lowest BCUT2D eigenvalue weighted by atomic mass is 10.3. The maximum absolute atomic E-state index is 4.81. The van der Waals surface area contributed by atoms with Crippen molar-refractivity contribution in [3.05, 3.63) is 25.0 Å². The molecule has 0 heterocycles. The second-order valence-corrected chi connectivity index (χ2v) is 1.57. The molecular formula is C7H12O. The zero-order chi connectivity index (χ0) is 6.41. The lowest BCUT2D eigenvalue weighted by Crippen LogP contribution is -1.81. The first-order valence-electron chi connectivity index (χ1n) is 2.64. The first-order valence-corrected chi connectivity index (χ1v) is 2.64. The van der Waals surface area contributed by atoms with Crippen molar-refractivity contribution in [3.63, 3.8) is 0 Å². The summed E-state index contributed by atoms with van der Waals surface area (Å²) in [6.07, 6.45) is 3.69. The van der Waals surface area contributed by atoms with Crippen molar-refractivity contribution < 1.29 is 4.74 Å². The van der Waals surface area contributed by atoms with Crippen LogP contribution in [0.25, 0.3) is 0 Å². The van der Waals surface area contributed by atoms with E-state index >= 15 is 0 Å². The van der Waals surface area contributed by atoms with Crippen LogP contribution in [0.3, 0.4) is 0 Å². The van der Waals surface area contributed by atoms with Gasteiger partial charge in [-0.25, -0.2) is 0 Å². The summed E-state index contributed by atoms with van der Waals surface area (Å²) in [5.41, 5.74) is 0. The fraction of sp³-hybridized carbons (Fsp3) is 0.429. The third-order valence-corrected chi connectivity index (χ3v) is 0.916. The van der Waals surface area contributed by atoms with Gasteiger partial charge in [-0.2, -0.15) is 0 Å². The van der Waals surface area contributed by atoms with Crippen molar-refractivity contribution in [2.75, 3.05) is 7.11 Å². The van der Waals surface area contributed by atoms with Crippen LogP contribution in [0.2, 0.25) is 0 Å². The quantitative estimate of drug-likeness (QED) is 0.400. The number of hydrogen-bond donors (Lipinski definition) is 0. The third-order valence-electron chi connectivity index (χ3n) is 0.916. The highest BCUT2D eigenvalue weighted by atomic mass is 16.5. The molecule has 1 heteroatoms. The molecule has 0 saturated heterocycles. The van der Waals surface area contributed by atoms with E-state index in [0.717, 1.165) is 18.6 Å². The Balaban J connectivity index is 3.11. The number of allylic oxidation sites excluding steroid dienone is 2. The molecule has 0 bridgehead atoms. The zero-order valence-corrected chi connectivity index (χ0v) is 5.31. The van der Waals surface area contributed by atoms with Crippen LogP contribution in [0, 0.1) is 0 Å². The van der Waals surface area contributed by atoms with E-state index in [1.807, 2.05) is 6.08 Å². The van der Waals surface area contributed by atoms with Crippen molar-refractivity contribution in [3.8, 4) is 0 Å². The second-order valence-electron chi connectivity index (χ2n) is 1.57. The predicted octanol–water partition coefficient (Wildman–Crippen LogP) is 2.11. The molecule has 0 aliphatic carbocycles. The van der Waals surface area contributed by atoms with Crippen LogP contribution >= 0.6 is 0 Å². The maximum atomic E-state index is 4.81. The number of ether oxygens (including phenoxy) is 1. The van der Waals surface area contributed by atoms with Crippen LogP contribution in [0.5, 0.6) is 0 Å². The van der Waals surface area contributed by atoms with E-state index in [-0.39, 0.29) is 0 Å². The molecule has 0 amide bonds. The summed E-state index contributed by atoms with van der Waals surface area (Å²) in [5.74, 6) is 0.824. The summed E-state index contributed by atoms with van der Waals surface area (Å²) in [4.78, 5) is 0. The van der Waals surface area contributed by atoms with Gasteiger partial charge in [-0.05, 0) is 6.42 Å². The predicted molar refractivity (Wildman–Crippen MR) is 35.6 cm³/mol. The third kappa shape index (κ3) is 3.47. The summed E-state index contributed by atoms with van der Waals surface area (Å²) in [7, 11) is 1.63. The fourth-order valence-electron chi connectivity index (χ4n) is 0.365. The SMILES string of the molecule is C=CCCC(=C)OC. The van der Waals surface area contributed by atoms with E-state index in [0.29, 0.717) is 0 Å². The highest BCUT2D eigenvalue weighted by Gasteiger charge is 1.85. The number of methoxy groups -OCH3 is 1. The summed E-state index contributed by atoms with van der Waals surface area (Å²) >= 11 is 0. The molecule has 46 valence electrons. The molecule has 0 aliphatic rings. The first kappa shape index (κ1) is 7.28. The molecule has 0 aliphatic heterocycles. The Morgan fingerprint density at radius 2 is 2.38 bits per heavy atom. The van der Waals surface area contributed by atoms with Gasteiger partial charge in [0, 0.05) is 6.42 Å². The van der Waals surface area contributed by atoms with Gasteiger partial charge in [0.1, 0.15) is 0 Å². The van der Waals surface area contributed by atoms with Crippen LogP contribution in [-0.4, -0.2) is 7.11 Å². The van der Waals surface area contributed by atoms with Gasteiger partial charge in [-0.3, -0.25) is 0 Å². The van der Waals surface area contributed by atoms with E-state index in [1.54, 1.807) is 7.11 Å². The molecule has 8 heavy (non-hydrogen) atoms. The fourth-order valence-corrected chi connectivity index (χ4v) is 0.365. The molecular weight excluding hydrogens is 100 g/mol. The van der Waals surface area contributed by atoms with Crippen molar-refractivity contribution in [1.82, 2.24) is 0 Å². The van der Waals surface area contributed by atoms with Crippen molar-refractivity contribution in [2.45, 2.75) is 12.8 Å². The van der Waals surface area contributed by atoms with Crippen LogP contribution in [-0.2, 0) is 4.74 Å². The molecule has 0 aromatic carbocycles. The molecule has 0 saturated carbocycles. The topological polar surface area (TPSA) is 9.23 Å². The molecule has 0 aromatic heterocycles. The standard InChI is InChI=1S/C7H12O/c1-4-5-6-7(2)8-3/h4H,1-2,5-6H2,3H3. The van der Waals surface area contributed by atoms with Gasteiger partial charge >= 0.3 is 0 Å². The average molecular weight is 112 g/mol. The summed E-state index contributed by atoms with van der Waals surface area (Å²) in [6, 6.07) is 0.